The summed E-state index contributed by atoms with van der Waals surface area (Å²) in [4.78, 5) is 26.7. The van der Waals surface area contributed by atoms with Crippen LogP contribution < -0.4 is 11.3 Å². The molecule has 5 nitrogen and oxygen atoms in total. The quantitative estimate of drug-likeness (QED) is 0.660. The summed E-state index contributed by atoms with van der Waals surface area (Å²) in [6.45, 7) is 0. The van der Waals surface area contributed by atoms with Gasteiger partial charge in [0.2, 0.25) is 0 Å². The minimum absolute atomic E-state index is 0.00342. The van der Waals surface area contributed by atoms with Gasteiger partial charge < -0.3 is 10.7 Å². The summed E-state index contributed by atoms with van der Waals surface area (Å²) >= 11 is 3.14. The first-order valence-corrected chi connectivity index (χ1v) is 10.0. The van der Waals surface area contributed by atoms with Gasteiger partial charge in [-0.15, -0.1) is 11.3 Å². The summed E-state index contributed by atoms with van der Waals surface area (Å²) < 4.78 is 0. The molecule has 1 saturated carbocycles. The number of hydrogen-bond donors (Lipinski definition) is 2. The van der Waals surface area contributed by atoms with E-state index in [4.69, 9.17) is 5.73 Å². The van der Waals surface area contributed by atoms with Crippen molar-refractivity contribution < 1.29 is 0 Å². The van der Waals surface area contributed by atoms with Crippen LogP contribution in [-0.2, 0) is 18.6 Å². The molecule has 2 aliphatic rings. The first kappa shape index (κ1) is 15.2. The molecule has 0 amide bonds. The van der Waals surface area contributed by atoms with Gasteiger partial charge in [-0.3, -0.25) is 9.79 Å². The predicted octanol–water partition coefficient (Wildman–Crippen LogP) is 2.96. The largest absolute Gasteiger partial charge is 0.379 e. The standard InChI is InChI=1S/C16H20N4OS2/c17-16(18-9-4-1-2-5-9)22-8-12-19-14(21)13-10-6-3-7-11(10)23-15(13)20-12/h9H,1-8H2,(H2,17,18)(H,19,20,21). The molecule has 1 fully saturated rings. The third-order valence-electron chi connectivity index (χ3n) is 4.62. The van der Waals surface area contributed by atoms with Crippen molar-refractivity contribution in [2.75, 3.05) is 0 Å². The molecular formula is C16H20N4OS2. The van der Waals surface area contributed by atoms with E-state index in [1.165, 1.54) is 35.0 Å². The molecule has 23 heavy (non-hydrogen) atoms. The van der Waals surface area contributed by atoms with Crippen molar-refractivity contribution in [3.05, 3.63) is 26.6 Å². The number of thioether (sulfide) groups is 1. The minimum Gasteiger partial charge on any atom is -0.379 e. The van der Waals surface area contributed by atoms with Crippen LogP contribution >= 0.6 is 23.1 Å². The maximum absolute atomic E-state index is 12.4. The SMILES string of the molecule is NC(=NC1CCCC1)SCc1nc2sc3c(c2c(=O)[nH]1)CCC3. The maximum Gasteiger partial charge on any atom is 0.259 e. The van der Waals surface area contributed by atoms with Crippen LogP contribution in [0.4, 0.5) is 0 Å². The third-order valence-corrected chi connectivity index (χ3v) is 6.62. The van der Waals surface area contributed by atoms with Crippen LogP contribution in [0.5, 0.6) is 0 Å². The van der Waals surface area contributed by atoms with Crippen molar-refractivity contribution in [1.82, 2.24) is 9.97 Å². The highest BCUT2D eigenvalue weighted by Gasteiger charge is 2.21. The first-order chi connectivity index (χ1) is 11.2. The highest BCUT2D eigenvalue weighted by atomic mass is 32.2. The summed E-state index contributed by atoms with van der Waals surface area (Å²) in [5, 5.41) is 1.41. The lowest BCUT2D eigenvalue weighted by Gasteiger charge is -2.05. The molecule has 2 aromatic rings. The third kappa shape index (κ3) is 3.04. The molecule has 3 N–H and O–H groups in total. The molecule has 0 radical (unpaired) electrons. The first-order valence-electron chi connectivity index (χ1n) is 8.20. The number of aromatic amines is 1. The summed E-state index contributed by atoms with van der Waals surface area (Å²) in [6, 6.07) is 0.386. The number of hydrogen-bond acceptors (Lipinski definition) is 5. The minimum atomic E-state index is -0.00342. The van der Waals surface area contributed by atoms with Gasteiger partial charge in [-0.2, -0.15) is 0 Å². The Morgan fingerprint density at radius 2 is 2.17 bits per heavy atom. The number of rotatable bonds is 3. The van der Waals surface area contributed by atoms with Gasteiger partial charge in [-0.05, 0) is 37.7 Å². The Morgan fingerprint density at radius 3 is 3.00 bits per heavy atom. The van der Waals surface area contributed by atoms with Crippen molar-refractivity contribution >= 4 is 38.5 Å². The van der Waals surface area contributed by atoms with E-state index < -0.39 is 0 Å². The molecule has 0 spiro atoms. The number of nitrogens with zero attached hydrogens (tertiary/aromatic N) is 2. The van der Waals surface area contributed by atoms with Crippen molar-refractivity contribution in [3.8, 4) is 0 Å². The van der Waals surface area contributed by atoms with Gasteiger partial charge in [0.05, 0.1) is 17.2 Å². The number of aliphatic imine (C=N–C) groups is 1. The van der Waals surface area contributed by atoms with Crippen LogP contribution in [0, 0.1) is 0 Å². The van der Waals surface area contributed by atoms with Crippen LogP contribution in [0.3, 0.4) is 0 Å². The van der Waals surface area contributed by atoms with E-state index in [0.717, 1.165) is 42.3 Å². The Bertz CT molecular complexity index is 817. The molecule has 2 heterocycles. The summed E-state index contributed by atoms with van der Waals surface area (Å²) in [5.74, 6) is 1.26. The van der Waals surface area contributed by atoms with Gasteiger partial charge >= 0.3 is 0 Å². The van der Waals surface area contributed by atoms with Crippen LogP contribution in [0.2, 0.25) is 0 Å². The molecule has 0 atom stereocenters. The molecule has 2 aliphatic carbocycles. The number of aromatic nitrogens is 2. The van der Waals surface area contributed by atoms with Crippen LogP contribution in [0.15, 0.2) is 9.79 Å². The number of nitrogens with one attached hydrogen (secondary N) is 1. The van der Waals surface area contributed by atoms with E-state index in [-0.39, 0.29) is 5.56 Å². The van der Waals surface area contributed by atoms with Crippen molar-refractivity contribution in [2.45, 2.75) is 56.7 Å². The second-order valence-electron chi connectivity index (χ2n) is 6.24. The van der Waals surface area contributed by atoms with Gasteiger partial charge in [0.1, 0.15) is 10.7 Å². The van der Waals surface area contributed by atoms with E-state index in [0.29, 0.717) is 22.8 Å². The van der Waals surface area contributed by atoms with E-state index >= 15 is 0 Å². The number of amidine groups is 1. The topological polar surface area (TPSA) is 84.1 Å². The van der Waals surface area contributed by atoms with E-state index in [2.05, 4.69) is 15.0 Å². The zero-order valence-electron chi connectivity index (χ0n) is 12.9. The van der Waals surface area contributed by atoms with Gasteiger partial charge in [0.25, 0.3) is 5.56 Å². The lowest BCUT2D eigenvalue weighted by molar-refractivity contribution is 0.708. The average molecular weight is 348 g/mol. The molecule has 0 aliphatic heterocycles. The van der Waals surface area contributed by atoms with Gasteiger partial charge in [0.15, 0.2) is 5.17 Å². The Balaban J connectivity index is 1.52. The zero-order valence-corrected chi connectivity index (χ0v) is 14.6. The van der Waals surface area contributed by atoms with Crippen molar-refractivity contribution in [2.24, 2.45) is 10.7 Å². The van der Waals surface area contributed by atoms with E-state index in [1.807, 2.05) is 0 Å². The normalized spacial score (nSPS) is 18.9. The number of fused-ring (bicyclic) bond motifs is 3. The van der Waals surface area contributed by atoms with E-state index in [1.54, 1.807) is 11.3 Å². The highest BCUT2D eigenvalue weighted by molar-refractivity contribution is 8.13. The highest BCUT2D eigenvalue weighted by Crippen LogP contribution is 2.34. The Morgan fingerprint density at radius 1 is 1.35 bits per heavy atom. The molecular weight excluding hydrogens is 328 g/mol. The fraction of sp³-hybridized carbons (Fsp3) is 0.562. The fourth-order valence-corrected chi connectivity index (χ4v) is 5.43. The molecule has 0 bridgehead atoms. The van der Waals surface area contributed by atoms with Crippen molar-refractivity contribution in [3.63, 3.8) is 0 Å². The second-order valence-corrected chi connectivity index (χ2v) is 8.32. The average Bonchev–Trinajstić information content (AvgIpc) is 3.21. The molecule has 0 unspecified atom stereocenters. The predicted molar refractivity (Wildman–Crippen MR) is 97.4 cm³/mol. The summed E-state index contributed by atoms with van der Waals surface area (Å²) in [5.41, 5.74) is 7.23. The monoisotopic (exact) mass is 348 g/mol. The molecule has 122 valence electrons. The number of H-pyrrole nitrogens is 1. The van der Waals surface area contributed by atoms with Gasteiger partial charge in [0, 0.05) is 4.88 Å². The molecule has 7 heteroatoms. The van der Waals surface area contributed by atoms with Gasteiger partial charge in [-0.25, -0.2) is 4.98 Å². The lowest BCUT2D eigenvalue weighted by Crippen LogP contribution is -2.14. The maximum atomic E-state index is 12.4. The lowest BCUT2D eigenvalue weighted by atomic mass is 10.2. The smallest absolute Gasteiger partial charge is 0.259 e. The molecule has 2 aromatic heterocycles. The van der Waals surface area contributed by atoms with Crippen LogP contribution in [-0.4, -0.2) is 21.2 Å². The number of nitrogens with two attached hydrogens (primary N) is 1. The van der Waals surface area contributed by atoms with Gasteiger partial charge in [-0.1, -0.05) is 24.6 Å². The van der Waals surface area contributed by atoms with Crippen molar-refractivity contribution in [1.29, 1.82) is 0 Å². The fourth-order valence-electron chi connectivity index (χ4n) is 3.51. The Kier molecular flexibility index (Phi) is 4.15. The summed E-state index contributed by atoms with van der Waals surface area (Å²) in [7, 11) is 0. The Hall–Kier alpha value is -1.34. The van der Waals surface area contributed by atoms with E-state index in [9.17, 15) is 4.79 Å². The zero-order chi connectivity index (χ0) is 15.8. The molecule has 4 rings (SSSR count). The Labute approximate surface area is 142 Å². The molecule has 0 aromatic carbocycles. The number of thiophene rings is 1. The summed E-state index contributed by atoms with van der Waals surface area (Å²) in [6.07, 6.45) is 8.03. The number of aryl methyl sites for hydroxylation is 2. The molecule has 0 saturated heterocycles. The second kappa shape index (κ2) is 6.28. The van der Waals surface area contributed by atoms with Crippen LogP contribution in [0.1, 0.15) is 48.4 Å². The van der Waals surface area contributed by atoms with Crippen LogP contribution in [0.25, 0.3) is 10.2 Å².